The number of hydrogen-bond acceptors (Lipinski definition) is 3. The molecule has 23 heavy (non-hydrogen) atoms. The van der Waals surface area contributed by atoms with Gasteiger partial charge in [0.15, 0.2) is 0 Å². The molecule has 5 heteroatoms. The van der Waals surface area contributed by atoms with Gasteiger partial charge < -0.3 is 9.47 Å². The van der Waals surface area contributed by atoms with Gasteiger partial charge in [-0.3, -0.25) is 9.13 Å². The summed E-state index contributed by atoms with van der Waals surface area (Å²) in [7, 11) is 1.79. The summed E-state index contributed by atoms with van der Waals surface area (Å²) < 4.78 is 14.5. The maximum Gasteiger partial charge on any atom is 0.328 e. The zero-order valence-electron chi connectivity index (χ0n) is 13.4. The molecule has 2 aromatic carbocycles. The number of rotatable bonds is 6. The number of aromatic nitrogens is 2. The Balaban J connectivity index is 1.69. The second kappa shape index (κ2) is 6.60. The Labute approximate surface area is 134 Å². The average molecular weight is 312 g/mol. The fourth-order valence-corrected chi connectivity index (χ4v) is 2.63. The monoisotopic (exact) mass is 312 g/mol. The smallest absolute Gasteiger partial charge is 0.328 e. The number of para-hydroxylation sites is 2. The van der Waals surface area contributed by atoms with Crippen molar-refractivity contribution in [2.75, 3.05) is 13.2 Å². The Kier molecular flexibility index (Phi) is 4.37. The molecule has 5 nitrogen and oxygen atoms in total. The number of imidazole rings is 1. The molecule has 0 spiro atoms. The first kappa shape index (κ1) is 15.2. The third-order valence-electron chi connectivity index (χ3n) is 3.77. The van der Waals surface area contributed by atoms with Crippen molar-refractivity contribution in [2.24, 2.45) is 7.05 Å². The number of hydrogen-bond donors (Lipinski definition) is 0. The third kappa shape index (κ3) is 3.08. The van der Waals surface area contributed by atoms with E-state index in [0.717, 1.165) is 22.5 Å². The van der Waals surface area contributed by atoms with E-state index in [0.29, 0.717) is 19.8 Å². The molecule has 0 N–H and O–H groups in total. The molecule has 1 aromatic heterocycles. The van der Waals surface area contributed by atoms with Crippen LogP contribution in [0.15, 0.2) is 53.3 Å². The van der Waals surface area contributed by atoms with Crippen molar-refractivity contribution >= 4 is 11.0 Å². The van der Waals surface area contributed by atoms with E-state index in [4.69, 9.17) is 9.47 Å². The summed E-state index contributed by atoms with van der Waals surface area (Å²) in [5, 5.41) is 0. The molecule has 0 saturated heterocycles. The fraction of sp³-hybridized carbons (Fsp3) is 0.278. The van der Waals surface area contributed by atoms with Crippen LogP contribution in [0.1, 0.15) is 6.92 Å². The van der Waals surface area contributed by atoms with Crippen LogP contribution in [0.2, 0.25) is 0 Å². The van der Waals surface area contributed by atoms with Gasteiger partial charge in [0.05, 0.1) is 24.2 Å². The van der Waals surface area contributed by atoms with E-state index in [9.17, 15) is 4.79 Å². The van der Waals surface area contributed by atoms with Crippen LogP contribution >= 0.6 is 0 Å². The molecular formula is C18H20N2O3. The highest BCUT2D eigenvalue weighted by Crippen LogP contribution is 2.18. The lowest BCUT2D eigenvalue weighted by Crippen LogP contribution is -2.24. The van der Waals surface area contributed by atoms with Crippen LogP contribution in [0.25, 0.3) is 11.0 Å². The Morgan fingerprint density at radius 1 is 0.913 bits per heavy atom. The number of nitrogens with zero attached hydrogens (tertiary/aromatic N) is 2. The van der Waals surface area contributed by atoms with E-state index in [2.05, 4.69) is 0 Å². The van der Waals surface area contributed by atoms with Crippen LogP contribution in [-0.2, 0) is 13.6 Å². The van der Waals surface area contributed by atoms with Gasteiger partial charge in [0.1, 0.15) is 18.1 Å². The van der Waals surface area contributed by atoms with E-state index >= 15 is 0 Å². The average Bonchev–Trinajstić information content (AvgIpc) is 2.82. The molecule has 0 amide bonds. The summed E-state index contributed by atoms with van der Waals surface area (Å²) >= 11 is 0. The molecular weight excluding hydrogens is 292 g/mol. The van der Waals surface area contributed by atoms with Gasteiger partial charge in [-0.05, 0) is 43.3 Å². The number of benzene rings is 2. The van der Waals surface area contributed by atoms with Crippen molar-refractivity contribution in [1.29, 1.82) is 0 Å². The Hall–Kier alpha value is -2.69. The highest BCUT2D eigenvalue weighted by atomic mass is 16.5. The Bertz CT molecular complexity index is 847. The first-order valence-electron chi connectivity index (χ1n) is 7.70. The molecule has 0 atom stereocenters. The highest BCUT2D eigenvalue weighted by molar-refractivity contribution is 5.75. The summed E-state index contributed by atoms with van der Waals surface area (Å²) in [6.45, 7) is 3.53. The van der Waals surface area contributed by atoms with Crippen molar-refractivity contribution in [3.63, 3.8) is 0 Å². The van der Waals surface area contributed by atoms with Crippen LogP contribution in [0.5, 0.6) is 11.5 Å². The van der Waals surface area contributed by atoms with Gasteiger partial charge in [0, 0.05) is 7.05 Å². The van der Waals surface area contributed by atoms with Gasteiger partial charge in [0.2, 0.25) is 0 Å². The lowest BCUT2D eigenvalue weighted by molar-refractivity contribution is 0.296. The normalized spacial score (nSPS) is 10.9. The summed E-state index contributed by atoms with van der Waals surface area (Å²) in [5.41, 5.74) is 1.83. The summed E-state index contributed by atoms with van der Waals surface area (Å²) in [6, 6.07) is 15.3. The maximum atomic E-state index is 12.3. The largest absolute Gasteiger partial charge is 0.494 e. The van der Waals surface area contributed by atoms with Crippen molar-refractivity contribution in [3.05, 3.63) is 59.0 Å². The molecule has 0 bridgehead atoms. The van der Waals surface area contributed by atoms with E-state index < -0.39 is 0 Å². The maximum absolute atomic E-state index is 12.3. The lowest BCUT2D eigenvalue weighted by Gasteiger charge is -2.08. The molecule has 0 aliphatic heterocycles. The second-order valence-electron chi connectivity index (χ2n) is 5.23. The first-order chi connectivity index (χ1) is 11.2. The van der Waals surface area contributed by atoms with Gasteiger partial charge in [-0.1, -0.05) is 12.1 Å². The second-order valence-corrected chi connectivity index (χ2v) is 5.23. The van der Waals surface area contributed by atoms with Crippen LogP contribution < -0.4 is 15.2 Å². The minimum absolute atomic E-state index is 0.0264. The standard InChI is InChI=1S/C18H20N2O3/c1-3-22-14-8-10-15(11-9-14)23-13-12-20-17-7-5-4-6-16(17)19(2)18(20)21/h4-11H,3,12-13H2,1-2H3. The molecule has 0 aliphatic carbocycles. The zero-order chi connectivity index (χ0) is 16.2. The molecule has 3 aromatic rings. The molecule has 0 aliphatic rings. The molecule has 0 unspecified atom stereocenters. The molecule has 0 radical (unpaired) electrons. The SMILES string of the molecule is CCOc1ccc(OCCn2c(=O)n(C)c3ccccc32)cc1. The zero-order valence-corrected chi connectivity index (χ0v) is 13.4. The molecule has 0 fully saturated rings. The molecule has 0 saturated carbocycles. The topological polar surface area (TPSA) is 45.4 Å². The van der Waals surface area contributed by atoms with Crippen molar-refractivity contribution in [3.8, 4) is 11.5 Å². The Morgan fingerprint density at radius 3 is 2.17 bits per heavy atom. The van der Waals surface area contributed by atoms with E-state index in [1.54, 1.807) is 16.2 Å². The predicted molar refractivity (Wildman–Crippen MR) is 90.3 cm³/mol. The number of aryl methyl sites for hydroxylation is 1. The third-order valence-corrected chi connectivity index (χ3v) is 3.77. The van der Waals surface area contributed by atoms with Gasteiger partial charge in [0.25, 0.3) is 0 Å². The number of ether oxygens (including phenoxy) is 2. The van der Waals surface area contributed by atoms with Gasteiger partial charge in [-0.2, -0.15) is 0 Å². The van der Waals surface area contributed by atoms with Crippen molar-refractivity contribution in [2.45, 2.75) is 13.5 Å². The van der Waals surface area contributed by atoms with Gasteiger partial charge in [-0.25, -0.2) is 4.79 Å². The van der Waals surface area contributed by atoms with Crippen LogP contribution in [0.4, 0.5) is 0 Å². The minimum Gasteiger partial charge on any atom is -0.494 e. The van der Waals surface area contributed by atoms with Crippen molar-refractivity contribution < 1.29 is 9.47 Å². The number of fused-ring (bicyclic) bond motifs is 1. The Morgan fingerprint density at radius 2 is 1.52 bits per heavy atom. The molecule has 3 rings (SSSR count). The summed E-state index contributed by atoms with van der Waals surface area (Å²) in [6.07, 6.45) is 0. The molecule has 1 heterocycles. The predicted octanol–water partition coefficient (Wildman–Crippen LogP) is 2.82. The fourth-order valence-electron chi connectivity index (χ4n) is 2.63. The summed E-state index contributed by atoms with van der Waals surface area (Å²) in [4.78, 5) is 12.3. The van der Waals surface area contributed by atoms with Crippen LogP contribution in [0, 0.1) is 0 Å². The first-order valence-corrected chi connectivity index (χ1v) is 7.70. The summed E-state index contributed by atoms with van der Waals surface area (Å²) in [5.74, 6) is 1.59. The van der Waals surface area contributed by atoms with Crippen molar-refractivity contribution in [1.82, 2.24) is 9.13 Å². The lowest BCUT2D eigenvalue weighted by atomic mass is 10.3. The van der Waals surface area contributed by atoms with E-state index in [1.165, 1.54) is 0 Å². The van der Waals surface area contributed by atoms with Crippen LogP contribution in [-0.4, -0.2) is 22.3 Å². The highest BCUT2D eigenvalue weighted by Gasteiger charge is 2.09. The van der Waals surface area contributed by atoms with Crippen LogP contribution in [0.3, 0.4) is 0 Å². The molecule has 120 valence electrons. The van der Waals surface area contributed by atoms with Gasteiger partial charge >= 0.3 is 5.69 Å². The van der Waals surface area contributed by atoms with E-state index in [-0.39, 0.29) is 5.69 Å². The van der Waals surface area contributed by atoms with E-state index in [1.807, 2.05) is 55.5 Å². The van der Waals surface area contributed by atoms with Gasteiger partial charge in [-0.15, -0.1) is 0 Å². The minimum atomic E-state index is -0.0264. The quantitative estimate of drug-likeness (QED) is 0.703.